The summed E-state index contributed by atoms with van der Waals surface area (Å²) in [5.41, 5.74) is 8.83. The second-order valence-corrected chi connectivity index (χ2v) is 6.45. The lowest BCUT2D eigenvalue weighted by atomic mass is 10.1. The quantitative estimate of drug-likeness (QED) is 0.850. The lowest BCUT2D eigenvalue weighted by Gasteiger charge is -2.12. The third-order valence-corrected chi connectivity index (χ3v) is 4.48. The van der Waals surface area contributed by atoms with Crippen LogP contribution in [0.2, 0.25) is 0 Å². The van der Waals surface area contributed by atoms with E-state index in [0.717, 1.165) is 16.7 Å². The van der Waals surface area contributed by atoms with Gasteiger partial charge in [0, 0.05) is 6.20 Å². The molecule has 2 aromatic rings. The standard InChI is InChI=1S/C14H17N3O2S/c1-9-4-5-14(16-8-9)17-20(18,19)13-7-11(3)10(2)6-12(13)15/h4-8H,15H2,1-3H3,(H,16,17). The first-order valence-electron chi connectivity index (χ1n) is 6.12. The zero-order valence-electron chi connectivity index (χ0n) is 11.6. The normalized spacial score (nSPS) is 11.3. The average molecular weight is 291 g/mol. The number of hydrogen-bond donors (Lipinski definition) is 2. The second kappa shape index (κ2) is 5.13. The van der Waals surface area contributed by atoms with Gasteiger partial charge >= 0.3 is 0 Å². The van der Waals surface area contributed by atoms with Crippen molar-refractivity contribution in [2.24, 2.45) is 0 Å². The van der Waals surface area contributed by atoms with E-state index in [4.69, 9.17) is 5.73 Å². The van der Waals surface area contributed by atoms with Gasteiger partial charge in [-0.05, 0) is 55.7 Å². The summed E-state index contributed by atoms with van der Waals surface area (Å²) < 4.78 is 27.1. The molecule has 0 unspecified atom stereocenters. The molecular formula is C14H17N3O2S. The predicted molar refractivity (Wildman–Crippen MR) is 80.1 cm³/mol. The first-order valence-corrected chi connectivity index (χ1v) is 7.60. The van der Waals surface area contributed by atoms with Gasteiger partial charge in [-0.15, -0.1) is 0 Å². The molecular weight excluding hydrogens is 274 g/mol. The van der Waals surface area contributed by atoms with Crippen LogP contribution in [0.25, 0.3) is 0 Å². The van der Waals surface area contributed by atoms with Crippen molar-refractivity contribution in [2.75, 3.05) is 10.5 Å². The molecule has 2 rings (SSSR count). The minimum Gasteiger partial charge on any atom is -0.398 e. The summed E-state index contributed by atoms with van der Waals surface area (Å²) >= 11 is 0. The lowest BCUT2D eigenvalue weighted by molar-refractivity contribution is 0.601. The molecule has 0 radical (unpaired) electrons. The summed E-state index contributed by atoms with van der Waals surface area (Å²) in [5.74, 6) is 0.272. The highest BCUT2D eigenvalue weighted by Gasteiger charge is 2.19. The molecule has 0 amide bonds. The maximum atomic E-state index is 12.3. The van der Waals surface area contributed by atoms with E-state index in [-0.39, 0.29) is 16.4 Å². The third kappa shape index (κ3) is 2.91. The Bertz CT molecular complexity index is 738. The van der Waals surface area contributed by atoms with Crippen LogP contribution < -0.4 is 10.5 Å². The molecule has 0 aliphatic heterocycles. The number of anilines is 2. The molecule has 106 valence electrons. The summed E-state index contributed by atoms with van der Waals surface area (Å²) in [7, 11) is -3.73. The maximum Gasteiger partial charge on any atom is 0.265 e. The molecule has 0 fully saturated rings. The van der Waals surface area contributed by atoms with Crippen molar-refractivity contribution in [3.63, 3.8) is 0 Å². The number of hydrogen-bond acceptors (Lipinski definition) is 4. The van der Waals surface area contributed by atoms with Gasteiger partial charge in [-0.3, -0.25) is 4.72 Å². The Balaban J connectivity index is 2.40. The zero-order valence-corrected chi connectivity index (χ0v) is 12.5. The summed E-state index contributed by atoms with van der Waals surface area (Å²) in [4.78, 5) is 4.10. The maximum absolute atomic E-state index is 12.3. The van der Waals surface area contributed by atoms with Crippen LogP contribution in [0.4, 0.5) is 11.5 Å². The van der Waals surface area contributed by atoms with Crippen LogP contribution >= 0.6 is 0 Å². The van der Waals surface area contributed by atoms with Crippen LogP contribution in [0.5, 0.6) is 0 Å². The van der Waals surface area contributed by atoms with Crippen molar-refractivity contribution in [1.29, 1.82) is 0 Å². The van der Waals surface area contributed by atoms with Crippen molar-refractivity contribution in [3.8, 4) is 0 Å². The molecule has 3 N–H and O–H groups in total. The largest absolute Gasteiger partial charge is 0.398 e. The number of rotatable bonds is 3. The molecule has 0 bridgehead atoms. The second-order valence-electron chi connectivity index (χ2n) is 4.80. The Labute approximate surface area is 118 Å². The Morgan fingerprint density at radius 2 is 1.75 bits per heavy atom. The van der Waals surface area contributed by atoms with Gasteiger partial charge in [0.25, 0.3) is 10.0 Å². The molecule has 1 aromatic heterocycles. The molecule has 5 nitrogen and oxygen atoms in total. The molecule has 0 aliphatic carbocycles. The van der Waals surface area contributed by atoms with Crippen molar-refractivity contribution < 1.29 is 8.42 Å². The van der Waals surface area contributed by atoms with Gasteiger partial charge in [-0.25, -0.2) is 13.4 Å². The van der Waals surface area contributed by atoms with E-state index in [1.54, 1.807) is 30.5 Å². The lowest BCUT2D eigenvalue weighted by Crippen LogP contribution is -2.16. The number of aryl methyl sites for hydroxylation is 3. The van der Waals surface area contributed by atoms with Crippen molar-refractivity contribution in [2.45, 2.75) is 25.7 Å². The number of sulfonamides is 1. The van der Waals surface area contributed by atoms with Gasteiger partial charge in [0.2, 0.25) is 0 Å². The number of aromatic nitrogens is 1. The molecule has 0 aliphatic rings. The molecule has 0 saturated heterocycles. The van der Waals surface area contributed by atoms with Crippen molar-refractivity contribution >= 4 is 21.5 Å². The summed E-state index contributed by atoms with van der Waals surface area (Å²) in [6.45, 7) is 5.61. The SMILES string of the molecule is Cc1ccc(NS(=O)(=O)c2cc(C)c(C)cc2N)nc1. The number of nitrogens with zero attached hydrogens (tertiary/aromatic N) is 1. The number of nitrogens with one attached hydrogen (secondary N) is 1. The minimum absolute atomic E-state index is 0.0722. The van der Waals surface area contributed by atoms with Crippen LogP contribution in [-0.2, 0) is 10.0 Å². The van der Waals surface area contributed by atoms with Gasteiger partial charge in [-0.1, -0.05) is 6.07 Å². The van der Waals surface area contributed by atoms with Gasteiger partial charge in [-0.2, -0.15) is 0 Å². The summed E-state index contributed by atoms with van der Waals surface area (Å²) in [6, 6.07) is 6.63. The topological polar surface area (TPSA) is 85.1 Å². The number of pyridine rings is 1. The summed E-state index contributed by atoms with van der Waals surface area (Å²) in [6.07, 6.45) is 1.60. The van der Waals surface area contributed by atoms with Crippen molar-refractivity contribution in [1.82, 2.24) is 4.98 Å². The van der Waals surface area contributed by atoms with E-state index >= 15 is 0 Å². The molecule has 0 atom stereocenters. The van der Waals surface area contributed by atoms with E-state index < -0.39 is 10.0 Å². The van der Waals surface area contributed by atoms with E-state index in [2.05, 4.69) is 9.71 Å². The fourth-order valence-corrected chi connectivity index (χ4v) is 2.97. The molecule has 1 aromatic carbocycles. The number of nitrogens with two attached hydrogens (primary N) is 1. The fraction of sp³-hybridized carbons (Fsp3) is 0.214. The van der Waals surface area contributed by atoms with E-state index in [0.29, 0.717) is 0 Å². The monoisotopic (exact) mass is 291 g/mol. The minimum atomic E-state index is -3.73. The highest BCUT2D eigenvalue weighted by Crippen LogP contribution is 2.24. The molecule has 6 heteroatoms. The third-order valence-electron chi connectivity index (χ3n) is 3.07. The van der Waals surface area contributed by atoms with E-state index in [1.165, 1.54) is 0 Å². The van der Waals surface area contributed by atoms with Crippen LogP contribution in [0.3, 0.4) is 0 Å². The van der Waals surface area contributed by atoms with Crippen LogP contribution in [0.1, 0.15) is 16.7 Å². The number of nitrogen functional groups attached to an aromatic ring is 1. The molecule has 0 saturated carbocycles. The molecule has 1 heterocycles. The first kappa shape index (κ1) is 14.3. The van der Waals surface area contributed by atoms with E-state index in [1.807, 2.05) is 20.8 Å². The Kier molecular flexibility index (Phi) is 3.67. The summed E-state index contributed by atoms with van der Waals surface area (Å²) in [5, 5.41) is 0. The average Bonchev–Trinajstić information content (AvgIpc) is 2.36. The van der Waals surface area contributed by atoms with Gasteiger partial charge in [0.15, 0.2) is 0 Å². The Hall–Kier alpha value is -2.08. The first-order chi connectivity index (χ1) is 9.29. The highest BCUT2D eigenvalue weighted by molar-refractivity contribution is 7.92. The Morgan fingerprint density at radius 3 is 2.35 bits per heavy atom. The fourth-order valence-electron chi connectivity index (χ4n) is 1.77. The van der Waals surface area contributed by atoms with E-state index in [9.17, 15) is 8.42 Å². The Morgan fingerprint density at radius 1 is 1.10 bits per heavy atom. The molecule has 20 heavy (non-hydrogen) atoms. The molecule has 0 spiro atoms. The van der Waals surface area contributed by atoms with Crippen LogP contribution in [0, 0.1) is 20.8 Å². The van der Waals surface area contributed by atoms with Gasteiger partial charge in [0.05, 0.1) is 5.69 Å². The predicted octanol–water partition coefficient (Wildman–Crippen LogP) is 2.39. The zero-order chi connectivity index (χ0) is 14.9. The van der Waals surface area contributed by atoms with Crippen LogP contribution in [-0.4, -0.2) is 13.4 Å². The number of benzene rings is 1. The van der Waals surface area contributed by atoms with Gasteiger partial charge < -0.3 is 5.73 Å². The van der Waals surface area contributed by atoms with Crippen LogP contribution in [0.15, 0.2) is 35.4 Å². The smallest absolute Gasteiger partial charge is 0.265 e. The highest BCUT2D eigenvalue weighted by atomic mass is 32.2. The van der Waals surface area contributed by atoms with Gasteiger partial charge in [0.1, 0.15) is 10.7 Å². The van der Waals surface area contributed by atoms with Crippen molar-refractivity contribution in [3.05, 3.63) is 47.2 Å².